The third kappa shape index (κ3) is 4.38. The summed E-state index contributed by atoms with van der Waals surface area (Å²) in [5, 5.41) is 19.1. The van der Waals surface area contributed by atoms with Gasteiger partial charge in [-0.15, -0.1) is 11.3 Å². The van der Waals surface area contributed by atoms with Gasteiger partial charge in [-0.2, -0.15) is 19.3 Å². The van der Waals surface area contributed by atoms with Crippen LogP contribution in [0, 0.1) is 36.5 Å². The van der Waals surface area contributed by atoms with Crippen LogP contribution in [0.3, 0.4) is 0 Å². The van der Waals surface area contributed by atoms with Gasteiger partial charge in [-0.1, -0.05) is 35.4 Å². The van der Waals surface area contributed by atoms with E-state index in [0.717, 1.165) is 33.0 Å². The number of aliphatic imine (C=N–C) groups is 1. The molecule has 0 N–H and O–H groups in total. The van der Waals surface area contributed by atoms with Crippen LogP contribution in [0.4, 0.5) is 22.1 Å². The number of nitrogens with zero attached hydrogens (tertiary/aromatic N) is 7. The summed E-state index contributed by atoms with van der Waals surface area (Å²) in [5.41, 5.74) is 6.43. The minimum Gasteiger partial charge on any atom is -0.302 e. The van der Waals surface area contributed by atoms with E-state index in [1.165, 1.54) is 17.3 Å². The Kier molecular flexibility index (Phi) is 6.02. The Morgan fingerprint density at radius 1 is 0.829 bits per heavy atom. The maximum atomic E-state index is 9.06. The van der Waals surface area contributed by atoms with Crippen molar-refractivity contribution in [3.05, 3.63) is 78.0 Å². The Labute approximate surface area is 210 Å². The molecule has 0 radical (unpaired) electrons. The van der Waals surface area contributed by atoms with Crippen molar-refractivity contribution in [1.29, 1.82) is 10.5 Å². The molecule has 0 amide bonds. The number of hydrogen-bond acceptors (Lipinski definition) is 9. The minimum atomic E-state index is -0.251. The number of nitriles is 2. The van der Waals surface area contributed by atoms with Crippen molar-refractivity contribution in [2.24, 2.45) is 4.99 Å². The maximum absolute atomic E-state index is 9.06. The van der Waals surface area contributed by atoms with Crippen LogP contribution in [0.15, 0.2) is 71.9 Å². The van der Waals surface area contributed by atoms with E-state index in [2.05, 4.69) is 92.1 Å². The molecule has 0 fully saturated rings. The van der Waals surface area contributed by atoms with Crippen LogP contribution < -0.4 is 4.90 Å². The number of aryl methyl sites for hydroxylation is 2. The van der Waals surface area contributed by atoms with Crippen molar-refractivity contribution < 1.29 is 0 Å². The summed E-state index contributed by atoms with van der Waals surface area (Å²) in [6, 6.07) is 24.5. The maximum Gasteiger partial charge on any atom is 0.218 e. The van der Waals surface area contributed by atoms with Crippen LogP contribution in [0.1, 0.15) is 11.1 Å². The van der Waals surface area contributed by atoms with Crippen LogP contribution in [0.2, 0.25) is 0 Å². The lowest BCUT2D eigenvalue weighted by Crippen LogP contribution is -2.08. The lowest BCUT2D eigenvalue weighted by molar-refractivity contribution is 1.29. The van der Waals surface area contributed by atoms with Crippen molar-refractivity contribution in [3.63, 3.8) is 0 Å². The molecule has 0 aliphatic carbocycles. The number of rotatable bonds is 5. The summed E-state index contributed by atoms with van der Waals surface area (Å²) in [4.78, 5) is 11.8. The van der Waals surface area contributed by atoms with Crippen molar-refractivity contribution in [3.8, 4) is 22.7 Å². The molecule has 0 bridgehead atoms. The zero-order valence-electron chi connectivity index (χ0n) is 18.8. The molecule has 0 saturated carbocycles. The largest absolute Gasteiger partial charge is 0.302 e. The normalized spacial score (nSPS) is 10.5. The van der Waals surface area contributed by atoms with Gasteiger partial charge >= 0.3 is 0 Å². The standard InChI is InChI=1S/C26H17N7S2/c1-16-3-7-19(8-4-16)33(20-9-5-17(2)6-10-20)23-12-11-22(34-23)25-26-24(31-35-32-26)21(15-29-25)30-18(13-27)14-28/h3-12,15H,1-2H3. The Balaban J connectivity index is 1.60. The van der Waals surface area contributed by atoms with Gasteiger partial charge in [0.15, 0.2) is 0 Å². The van der Waals surface area contributed by atoms with Gasteiger partial charge in [0.05, 0.1) is 22.8 Å². The molecular weight excluding hydrogens is 474 g/mol. The van der Waals surface area contributed by atoms with Crippen LogP contribution in [-0.4, -0.2) is 19.4 Å². The summed E-state index contributed by atoms with van der Waals surface area (Å²) in [7, 11) is 0. The summed E-state index contributed by atoms with van der Waals surface area (Å²) in [5.74, 6) is 0. The molecule has 5 rings (SSSR count). The smallest absolute Gasteiger partial charge is 0.218 e. The van der Waals surface area contributed by atoms with E-state index < -0.39 is 0 Å². The summed E-state index contributed by atoms with van der Waals surface area (Å²) in [6.07, 6.45) is 1.53. The lowest BCUT2D eigenvalue weighted by atomic mass is 10.1. The minimum absolute atomic E-state index is 0.251. The summed E-state index contributed by atoms with van der Waals surface area (Å²) < 4.78 is 8.77. The Bertz CT molecular complexity index is 1570. The summed E-state index contributed by atoms with van der Waals surface area (Å²) in [6.45, 7) is 4.15. The fourth-order valence-corrected chi connectivity index (χ4v) is 5.19. The first-order valence-electron chi connectivity index (χ1n) is 10.6. The number of anilines is 3. The highest BCUT2D eigenvalue weighted by Crippen LogP contribution is 2.43. The fraction of sp³-hybridized carbons (Fsp3) is 0.0769. The molecule has 0 unspecified atom stereocenters. The van der Waals surface area contributed by atoms with Crippen molar-refractivity contribution in [1.82, 2.24) is 13.7 Å². The zero-order valence-corrected chi connectivity index (χ0v) is 20.4. The van der Waals surface area contributed by atoms with Gasteiger partial charge in [-0.3, -0.25) is 4.98 Å². The van der Waals surface area contributed by atoms with E-state index in [1.807, 2.05) is 6.07 Å². The molecule has 9 heteroatoms. The molecule has 0 saturated heterocycles. The van der Waals surface area contributed by atoms with Gasteiger partial charge in [-0.05, 0) is 50.2 Å². The molecule has 7 nitrogen and oxygen atoms in total. The van der Waals surface area contributed by atoms with Gasteiger partial charge in [0.1, 0.15) is 39.6 Å². The van der Waals surface area contributed by atoms with Gasteiger partial charge in [0, 0.05) is 11.4 Å². The fourth-order valence-electron chi connectivity index (χ4n) is 3.58. The lowest BCUT2D eigenvalue weighted by Gasteiger charge is -2.24. The topological polar surface area (TPSA) is 102 Å². The van der Waals surface area contributed by atoms with Gasteiger partial charge in [0.25, 0.3) is 0 Å². The molecular formula is C26H17N7S2. The van der Waals surface area contributed by atoms with E-state index in [-0.39, 0.29) is 5.71 Å². The van der Waals surface area contributed by atoms with Crippen molar-refractivity contribution in [2.45, 2.75) is 13.8 Å². The second-order valence-electron chi connectivity index (χ2n) is 7.78. The number of hydrogen-bond donors (Lipinski definition) is 0. The Morgan fingerprint density at radius 3 is 2.03 bits per heavy atom. The molecule has 0 aliphatic rings. The van der Waals surface area contributed by atoms with Crippen LogP contribution >= 0.6 is 23.1 Å². The third-order valence-corrected chi connectivity index (χ3v) is 6.95. The van der Waals surface area contributed by atoms with E-state index in [1.54, 1.807) is 23.5 Å². The van der Waals surface area contributed by atoms with E-state index in [0.29, 0.717) is 22.4 Å². The zero-order chi connectivity index (χ0) is 24.4. The van der Waals surface area contributed by atoms with Crippen LogP contribution in [-0.2, 0) is 0 Å². The average Bonchev–Trinajstić information content (AvgIpc) is 3.56. The Hall–Kier alpha value is -4.44. The molecule has 168 valence electrons. The van der Waals surface area contributed by atoms with Gasteiger partial charge in [0.2, 0.25) is 5.71 Å². The van der Waals surface area contributed by atoms with E-state index in [4.69, 9.17) is 10.5 Å². The van der Waals surface area contributed by atoms with Gasteiger partial charge in [-0.25, -0.2) is 4.99 Å². The van der Waals surface area contributed by atoms with Gasteiger partial charge < -0.3 is 4.90 Å². The average molecular weight is 492 g/mol. The molecule has 0 atom stereocenters. The van der Waals surface area contributed by atoms with Crippen LogP contribution in [0.25, 0.3) is 21.6 Å². The summed E-state index contributed by atoms with van der Waals surface area (Å²) >= 11 is 2.65. The Morgan fingerprint density at radius 2 is 1.43 bits per heavy atom. The number of aromatic nitrogens is 3. The highest BCUT2D eigenvalue weighted by Gasteiger charge is 2.19. The first-order chi connectivity index (χ1) is 17.1. The highest BCUT2D eigenvalue weighted by atomic mass is 32.1. The molecule has 3 heterocycles. The second kappa shape index (κ2) is 9.43. The molecule has 0 spiro atoms. The first kappa shape index (κ1) is 22.4. The molecule has 5 aromatic rings. The van der Waals surface area contributed by atoms with Crippen LogP contribution in [0.5, 0.6) is 0 Å². The van der Waals surface area contributed by atoms with E-state index >= 15 is 0 Å². The molecule has 3 aromatic heterocycles. The quantitative estimate of drug-likeness (QED) is 0.245. The monoisotopic (exact) mass is 491 g/mol. The number of pyridine rings is 1. The molecule has 2 aromatic carbocycles. The predicted molar refractivity (Wildman–Crippen MR) is 141 cm³/mol. The predicted octanol–water partition coefficient (Wildman–Crippen LogP) is 7.02. The second-order valence-corrected chi connectivity index (χ2v) is 9.37. The SMILES string of the molecule is Cc1ccc(N(c2ccc(C)cc2)c2ccc(-c3ncc(N=C(C#N)C#N)c4nsnc34)s2)cc1. The molecule has 0 aliphatic heterocycles. The number of benzene rings is 2. The van der Waals surface area contributed by atoms with Crippen molar-refractivity contribution >= 4 is 61.9 Å². The van der Waals surface area contributed by atoms with E-state index in [9.17, 15) is 0 Å². The first-order valence-corrected chi connectivity index (χ1v) is 12.2. The molecule has 35 heavy (non-hydrogen) atoms. The highest BCUT2D eigenvalue weighted by molar-refractivity contribution is 7.19. The number of fused-ring (bicyclic) bond motifs is 1. The number of thiophene rings is 1. The van der Waals surface area contributed by atoms with Crippen molar-refractivity contribution in [2.75, 3.05) is 4.90 Å². The third-order valence-electron chi connectivity index (χ3n) is 5.35.